The van der Waals surface area contributed by atoms with Gasteiger partial charge in [0.05, 0.1) is 6.61 Å². The molecular formula is C18H31NO. The van der Waals surface area contributed by atoms with Gasteiger partial charge < -0.3 is 4.84 Å². The molecule has 0 aliphatic rings. The number of nitrogens with one attached hydrogen (secondary N) is 1. The van der Waals surface area contributed by atoms with Crippen LogP contribution in [0, 0.1) is 0 Å². The van der Waals surface area contributed by atoms with Gasteiger partial charge in [0.2, 0.25) is 0 Å². The maximum Gasteiger partial charge on any atom is 0.0653 e. The lowest BCUT2D eigenvalue weighted by molar-refractivity contribution is 0.0500. The average molecular weight is 277 g/mol. The Labute approximate surface area is 124 Å². The fourth-order valence-corrected chi connectivity index (χ4v) is 2.41. The first kappa shape index (κ1) is 17.2. The third-order valence-corrected chi connectivity index (χ3v) is 3.58. The monoisotopic (exact) mass is 277 g/mol. The summed E-state index contributed by atoms with van der Waals surface area (Å²) in [6, 6.07) is 10.8. The zero-order chi connectivity index (χ0) is 14.3. The van der Waals surface area contributed by atoms with Gasteiger partial charge in [-0.05, 0) is 31.7 Å². The molecule has 0 bridgehead atoms. The van der Waals surface area contributed by atoms with Gasteiger partial charge in [0.25, 0.3) is 0 Å². The maximum atomic E-state index is 5.09. The van der Waals surface area contributed by atoms with Crippen molar-refractivity contribution < 1.29 is 4.84 Å². The van der Waals surface area contributed by atoms with Crippen LogP contribution in [0.2, 0.25) is 0 Å². The van der Waals surface area contributed by atoms with Crippen LogP contribution in [-0.4, -0.2) is 13.2 Å². The largest absolute Gasteiger partial charge is 0.302 e. The fraction of sp³-hybridized carbons (Fsp3) is 0.667. The molecule has 1 aromatic carbocycles. The first-order chi connectivity index (χ1) is 9.93. The third-order valence-electron chi connectivity index (χ3n) is 3.58. The van der Waals surface area contributed by atoms with Crippen LogP contribution in [0.5, 0.6) is 0 Å². The SMILES string of the molecule is CCONCCCCCCCCCCc1ccccc1. The number of rotatable bonds is 13. The van der Waals surface area contributed by atoms with Crippen molar-refractivity contribution in [2.75, 3.05) is 13.2 Å². The van der Waals surface area contributed by atoms with E-state index in [-0.39, 0.29) is 0 Å². The molecular weight excluding hydrogens is 246 g/mol. The van der Waals surface area contributed by atoms with Crippen LogP contribution in [0.25, 0.3) is 0 Å². The second kappa shape index (κ2) is 13.1. The standard InChI is InChI=1S/C18H31NO/c1-2-20-19-17-13-8-6-4-3-5-7-10-14-18-15-11-9-12-16-18/h9,11-12,15-16,19H,2-8,10,13-14,17H2,1H3. The van der Waals surface area contributed by atoms with Crippen molar-refractivity contribution in [2.24, 2.45) is 0 Å². The zero-order valence-corrected chi connectivity index (χ0v) is 13.1. The molecule has 0 saturated heterocycles. The van der Waals surface area contributed by atoms with Crippen molar-refractivity contribution in [3.8, 4) is 0 Å². The molecule has 1 N–H and O–H groups in total. The summed E-state index contributed by atoms with van der Waals surface area (Å²) in [6.07, 6.45) is 12.1. The number of hydroxylamine groups is 1. The first-order valence-electron chi connectivity index (χ1n) is 8.32. The summed E-state index contributed by atoms with van der Waals surface area (Å²) in [7, 11) is 0. The predicted molar refractivity (Wildman–Crippen MR) is 86.7 cm³/mol. The molecule has 1 aromatic rings. The minimum atomic E-state index is 0.753. The summed E-state index contributed by atoms with van der Waals surface area (Å²) in [6.45, 7) is 3.75. The van der Waals surface area contributed by atoms with Crippen LogP contribution >= 0.6 is 0 Å². The highest BCUT2D eigenvalue weighted by Crippen LogP contribution is 2.11. The maximum absolute atomic E-state index is 5.09. The molecule has 0 radical (unpaired) electrons. The molecule has 0 unspecified atom stereocenters. The third kappa shape index (κ3) is 9.99. The minimum absolute atomic E-state index is 0.753. The number of hydrogen-bond donors (Lipinski definition) is 1. The van der Waals surface area contributed by atoms with E-state index in [2.05, 4.69) is 35.8 Å². The van der Waals surface area contributed by atoms with Gasteiger partial charge >= 0.3 is 0 Å². The predicted octanol–water partition coefficient (Wildman–Crippen LogP) is 4.89. The van der Waals surface area contributed by atoms with E-state index in [9.17, 15) is 0 Å². The van der Waals surface area contributed by atoms with Crippen LogP contribution in [0.1, 0.15) is 63.9 Å². The number of benzene rings is 1. The highest BCUT2D eigenvalue weighted by atomic mass is 16.6. The van der Waals surface area contributed by atoms with Crippen molar-refractivity contribution in [1.82, 2.24) is 5.48 Å². The smallest absolute Gasteiger partial charge is 0.0653 e. The molecule has 1 rings (SSSR count). The van der Waals surface area contributed by atoms with Crippen LogP contribution < -0.4 is 5.48 Å². The van der Waals surface area contributed by atoms with Gasteiger partial charge in [-0.3, -0.25) is 0 Å². The topological polar surface area (TPSA) is 21.3 Å². The summed E-state index contributed by atoms with van der Waals surface area (Å²) >= 11 is 0. The molecule has 0 aliphatic heterocycles. The number of unbranched alkanes of at least 4 members (excludes halogenated alkanes) is 7. The van der Waals surface area contributed by atoms with Crippen LogP contribution in [0.3, 0.4) is 0 Å². The normalized spacial score (nSPS) is 10.8. The summed E-state index contributed by atoms with van der Waals surface area (Å²) < 4.78 is 0. The van der Waals surface area contributed by atoms with E-state index < -0.39 is 0 Å². The lowest BCUT2D eigenvalue weighted by Crippen LogP contribution is -2.15. The fourth-order valence-electron chi connectivity index (χ4n) is 2.41. The second-order valence-electron chi connectivity index (χ2n) is 5.39. The lowest BCUT2D eigenvalue weighted by Gasteiger charge is -2.04. The van der Waals surface area contributed by atoms with E-state index in [0.717, 1.165) is 13.2 Å². The van der Waals surface area contributed by atoms with E-state index >= 15 is 0 Å². The lowest BCUT2D eigenvalue weighted by atomic mass is 10.0. The van der Waals surface area contributed by atoms with Gasteiger partial charge in [-0.1, -0.05) is 68.9 Å². The van der Waals surface area contributed by atoms with E-state index in [1.807, 2.05) is 6.92 Å². The highest BCUT2D eigenvalue weighted by Gasteiger charge is 1.94. The number of aryl methyl sites for hydroxylation is 1. The molecule has 0 heterocycles. The summed E-state index contributed by atoms with van der Waals surface area (Å²) in [4.78, 5) is 5.09. The van der Waals surface area contributed by atoms with Crippen LogP contribution in [-0.2, 0) is 11.3 Å². The van der Waals surface area contributed by atoms with Gasteiger partial charge in [0.15, 0.2) is 0 Å². The molecule has 20 heavy (non-hydrogen) atoms. The average Bonchev–Trinajstić information content (AvgIpc) is 2.49. The van der Waals surface area contributed by atoms with Crippen molar-refractivity contribution in [3.63, 3.8) is 0 Å². The van der Waals surface area contributed by atoms with Gasteiger partial charge in [0.1, 0.15) is 0 Å². The number of hydrogen-bond acceptors (Lipinski definition) is 2. The zero-order valence-electron chi connectivity index (χ0n) is 13.1. The summed E-state index contributed by atoms with van der Waals surface area (Å²) in [5.41, 5.74) is 4.45. The van der Waals surface area contributed by atoms with E-state index in [1.165, 1.54) is 63.4 Å². The Morgan fingerprint density at radius 1 is 0.800 bits per heavy atom. The summed E-state index contributed by atoms with van der Waals surface area (Å²) in [5.74, 6) is 0. The molecule has 0 spiro atoms. The summed E-state index contributed by atoms with van der Waals surface area (Å²) in [5, 5.41) is 0. The highest BCUT2D eigenvalue weighted by molar-refractivity contribution is 5.14. The molecule has 114 valence electrons. The van der Waals surface area contributed by atoms with Crippen molar-refractivity contribution in [2.45, 2.75) is 64.7 Å². The molecule has 0 atom stereocenters. The minimum Gasteiger partial charge on any atom is -0.302 e. The Morgan fingerprint density at radius 2 is 1.40 bits per heavy atom. The van der Waals surface area contributed by atoms with Gasteiger partial charge in [0, 0.05) is 6.54 Å². The molecule has 0 aliphatic carbocycles. The Balaban J connectivity index is 1.77. The molecule has 0 aromatic heterocycles. The van der Waals surface area contributed by atoms with Crippen LogP contribution in [0.15, 0.2) is 30.3 Å². The Hall–Kier alpha value is -0.860. The van der Waals surface area contributed by atoms with E-state index in [0.29, 0.717) is 0 Å². The Bertz CT molecular complexity index is 300. The van der Waals surface area contributed by atoms with E-state index in [4.69, 9.17) is 4.84 Å². The van der Waals surface area contributed by atoms with Gasteiger partial charge in [-0.25, -0.2) is 5.48 Å². The van der Waals surface area contributed by atoms with Gasteiger partial charge in [-0.2, -0.15) is 0 Å². The quantitative estimate of drug-likeness (QED) is 0.409. The Morgan fingerprint density at radius 3 is 2.05 bits per heavy atom. The van der Waals surface area contributed by atoms with Crippen molar-refractivity contribution in [1.29, 1.82) is 0 Å². The molecule has 0 amide bonds. The molecule has 2 heteroatoms. The molecule has 0 saturated carbocycles. The van der Waals surface area contributed by atoms with Gasteiger partial charge in [-0.15, -0.1) is 0 Å². The first-order valence-corrected chi connectivity index (χ1v) is 8.32. The Kier molecular flexibility index (Phi) is 11.3. The molecule has 0 fully saturated rings. The second-order valence-corrected chi connectivity index (χ2v) is 5.39. The van der Waals surface area contributed by atoms with Crippen molar-refractivity contribution >= 4 is 0 Å². The van der Waals surface area contributed by atoms with Crippen molar-refractivity contribution in [3.05, 3.63) is 35.9 Å². The van der Waals surface area contributed by atoms with E-state index in [1.54, 1.807) is 0 Å². The van der Waals surface area contributed by atoms with Crippen LogP contribution in [0.4, 0.5) is 0 Å². The molecule has 2 nitrogen and oxygen atoms in total.